The Kier molecular flexibility index (Phi) is 5.92. The summed E-state index contributed by atoms with van der Waals surface area (Å²) in [6, 6.07) is 10.2. The molecule has 2 N–H and O–H groups in total. The predicted molar refractivity (Wildman–Crippen MR) is 91.8 cm³/mol. The lowest BCUT2D eigenvalue weighted by molar-refractivity contribution is -0.120. The molecule has 23 heavy (non-hydrogen) atoms. The molecule has 7 heteroatoms. The molecule has 124 valence electrons. The van der Waals surface area contributed by atoms with Crippen molar-refractivity contribution >= 4 is 27.3 Å². The quantitative estimate of drug-likeness (QED) is 0.803. The minimum atomic E-state index is -3.52. The number of benzene rings is 1. The van der Waals surface area contributed by atoms with E-state index in [1.165, 1.54) is 11.3 Å². The highest BCUT2D eigenvalue weighted by atomic mass is 32.2. The number of hydrogen-bond acceptors (Lipinski definition) is 4. The van der Waals surface area contributed by atoms with Gasteiger partial charge >= 0.3 is 0 Å². The maximum Gasteiger partial charge on any atom is 0.240 e. The van der Waals surface area contributed by atoms with Crippen LogP contribution in [0.3, 0.4) is 0 Å². The molecule has 2 aromatic rings. The average Bonchev–Trinajstić information content (AvgIpc) is 2.97. The minimum absolute atomic E-state index is 0.0824. The van der Waals surface area contributed by atoms with E-state index in [0.29, 0.717) is 13.0 Å². The van der Waals surface area contributed by atoms with Crippen molar-refractivity contribution in [2.45, 2.75) is 37.8 Å². The van der Waals surface area contributed by atoms with Crippen LogP contribution in [0.4, 0.5) is 0 Å². The second-order valence-electron chi connectivity index (χ2n) is 5.46. The fraction of sp³-hybridized carbons (Fsp3) is 0.312. The highest BCUT2D eigenvalue weighted by Crippen LogP contribution is 2.13. The van der Waals surface area contributed by atoms with Crippen LogP contribution in [0.1, 0.15) is 24.3 Å². The van der Waals surface area contributed by atoms with Crippen LogP contribution in [0.25, 0.3) is 0 Å². The lowest BCUT2D eigenvalue weighted by atomic mass is 10.2. The Balaban J connectivity index is 1.99. The van der Waals surface area contributed by atoms with E-state index >= 15 is 0 Å². The van der Waals surface area contributed by atoms with Gasteiger partial charge in [-0.15, -0.1) is 11.3 Å². The van der Waals surface area contributed by atoms with Crippen molar-refractivity contribution in [2.24, 2.45) is 0 Å². The van der Waals surface area contributed by atoms with E-state index in [9.17, 15) is 13.2 Å². The van der Waals surface area contributed by atoms with E-state index in [0.717, 1.165) is 10.4 Å². The molecule has 2 rings (SSSR count). The molecule has 0 atom stereocenters. The van der Waals surface area contributed by atoms with Gasteiger partial charge < -0.3 is 5.32 Å². The molecule has 1 aromatic heterocycles. The summed E-state index contributed by atoms with van der Waals surface area (Å²) in [6.07, 6.45) is 0.338. The van der Waals surface area contributed by atoms with Crippen molar-refractivity contribution < 1.29 is 13.2 Å². The summed E-state index contributed by atoms with van der Waals surface area (Å²) in [6.45, 7) is 3.84. The molecule has 1 heterocycles. The van der Waals surface area contributed by atoms with Crippen molar-refractivity contribution in [2.75, 3.05) is 0 Å². The van der Waals surface area contributed by atoms with Crippen molar-refractivity contribution in [3.63, 3.8) is 0 Å². The first-order valence-electron chi connectivity index (χ1n) is 7.27. The zero-order valence-electron chi connectivity index (χ0n) is 13.1. The summed E-state index contributed by atoms with van der Waals surface area (Å²) in [5.41, 5.74) is 0.746. The Morgan fingerprint density at radius 3 is 2.65 bits per heavy atom. The molecule has 0 bridgehead atoms. The summed E-state index contributed by atoms with van der Waals surface area (Å²) in [5.74, 6) is -0.0824. The third-order valence-corrected chi connectivity index (χ3v) is 5.54. The number of rotatable bonds is 7. The van der Waals surface area contributed by atoms with Crippen LogP contribution in [0.15, 0.2) is 46.7 Å². The Morgan fingerprint density at radius 1 is 1.22 bits per heavy atom. The number of carbonyl (C=O) groups is 1. The summed E-state index contributed by atoms with van der Waals surface area (Å²) in [7, 11) is -3.52. The summed E-state index contributed by atoms with van der Waals surface area (Å²) >= 11 is 1.54. The number of hydrogen-bond donors (Lipinski definition) is 2. The Hall–Kier alpha value is -1.70. The monoisotopic (exact) mass is 352 g/mol. The Morgan fingerprint density at radius 2 is 2.00 bits per heavy atom. The average molecular weight is 352 g/mol. The number of amides is 1. The fourth-order valence-corrected chi connectivity index (χ4v) is 4.06. The molecule has 0 aliphatic carbocycles. The first-order valence-corrected chi connectivity index (χ1v) is 9.63. The lowest BCUT2D eigenvalue weighted by Gasteiger charge is -2.11. The first-order chi connectivity index (χ1) is 10.9. The SMILES string of the molecule is CC(C)NS(=O)(=O)c1cccc(CNC(=O)Cc2cccs2)c1. The molecule has 1 aromatic carbocycles. The van der Waals surface area contributed by atoms with Crippen molar-refractivity contribution in [1.29, 1.82) is 0 Å². The number of nitrogens with one attached hydrogen (secondary N) is 2. The molecule has 1 amide bonds. The maximum atomic E-state index is 12.1. The van der Waals surface area contributed by atoms with Gasteiger partial charge in [0, 0.05) is 17.5 Å². The predicted octanol–water partition coefficient (Wildman–Crippen LogP) is 2.29. The lowest BCUT2D eigenvalue weighted by Crippen LogP contribution is -2.30. The van der Waals surface area contributed by atoms with Crippen LogP contribution in [0, 0.1) is 0 Å². The highest BCUT2D eigenvalue weighted by Gasteiger charge is 2.15. The minimum Gasteiger partial charge on any atom is -0.352 e. The van der Waals surface area contributed by atoms with E-state index in [4.69, 9.17) is 0 Å². The number of carbonyl (C=O) groups excluding carboxylic acids is 1. The second kappa shape index (κ2) is 7.72. The van der Waals surface area contributed by atoms with Crippen LogP contribution in [-0.4, -0.2) is 20.4 Å². The summed E-state index contributed by atoms with van der Waals surface area (Å²) in [4.78, 5) is 13.1. The van der Waals surface area contributed by atoms with Crippen LogP contribution in [0.2, 0.25) is 0 Å². The normalized spacial score (nSPS) is 11.6. The molecule has 5 nitrogen and oxygen atoms in total. The van der Waals surface area contributed by atoms with E-state index < -0.39 is 10.0 Å². The van der Waals surface area contributed by atoms with E-state index in [2.05, 4.69) is 10.0 Å². The molecule has 0 saturated heterocycles. The zero-order chi connectivity index (χ0) is 16.9. The second-order valence-corrected chi connectivity index (χ2v) is 8.20. The van der Waals surface area contributed by atoms with Gasteiger partial charge in [-0.2, -0.15) is 0 Å². The third-order valence-electron chi connectivity index (χ3n) is 3.00. The van der Waals surface area contributed by atoms with Gasteiger partial charge in [0.05, 0.1) is 11.3 Å². The zero-order valence-corrected chi connectivity index (χ0v) is 14.7. The van der Waals surface area contributed by atoms with Gasteiger partial charge in [-0.1, -0.05) is 18.2 Å². The highest BCUT2D eigenvalue weighted by molar-refractivity contribution is 7.89. The van der Waals surface area contributed by atoms with Gasteiger partial charge in [-0.3, -0.25) is 4.79 Å². The van der Waals surface area contributed by atoms with Crippen molar-refractivity contribution in [3.8, 4) is 0 Å². The summed E-state index contributed by atoms with van der Waals surface area (Å²) in [5, 5.41) is 4.74. The van der Waals surface area contributed by atoms with Crippen molar-refractivity contribution in [3.05, 3.63) is 52.2 Å². The van der Waals surface area contributed by atoms with Crippen LogP contribution in [0.5, 0.6) is 0 Å². The van der Waals surface area contributed by atoms with Crippen LogP contribution < -0.4 is 10.0 Å². The molecule has 0 fully saturated rings. The largest absolute Gasteiger partial charge is 0.352 e. The molecule has 0 spiro atoms. The van der Waals surface area contributed by atoms with Gasteiger partial charge in [0.1, 0.15) is 0 Å². The number of sulfonamides is 1. The third kappa shape index (κ3) is 5.46. The maximum absolute atomic E-state index is 12.1. The molecule has 0 radical (unpaired) electrons. The van der Waals surface area contributed by atoms with Gasteiger partial charge in [0.25, 0.3) is 0 Å². The molecule has 0 saturated carbocycles. The molecule has 0 aliphatic heterocycles. The molecule has 0 unspecified atom stereocenters. The van der Waals surface area contributed by atoms with E-state index in [1.54, 1.807) is 38.1 Å². The van der Waals surface area contributed by atoms with Crippen molar-refractivity contribution in [1.82, 2.24) is 10.0 Å². The summed E-state index contributed by atoms with van der Waals surface area (Å²) < 4.78 is 26.8. The first kappa shape index (κ1) is 17.7. The van der Waals surface area contributed by atoms with E-state index in [1.807, 2.05) is 17.5 Å². The fourth-order valence-electron chi connectivity index (χ4n) is 2.04. The molecule has 0 aliphatic rings. The molecular formula is C16H20N2O3S2. The van der Waals surface area contributed by atoms with Gasteiger partial charge in [0.15, 0.2) is 0 Å². The molecular weight excluding hydrogens is 332 g/mol. The van der Waals surface area contributed by atoms with E-state index in [-0.39, 0.29) is 16.8 Å². The standard InChI is InChI=1S/C16H20N2O3S2/c1-12(2)18-23(20,21)15-7-3-5-13(9-15)11-17-16(19)10-14-6-4-8-22-14/h3-9,12,18H,10-11H2,1-2H3,(H,17,19). The number of thiophene rings is 1. The van der Waals surface area contributed by atoms with Crippen LogP contribution in [-0.2, 0) is 27.8 Å². The Bertz CT molecular complexity index is 753. The Labute approximate surface area is 140 Å². The smallest absolute Gasteiger partial charge is 0.240 e. The topological polar surface area (TPSA) is 75.3 Å². The van der Waals surface area contributed by atoms with Crippen LogP contribution >= 0.6 is 11.3 Å². The van der Waals surface area contributed by atoms with Gasteiger partial charge in [0.2, 0.25) is 15.9 Å². The van der Waals surface area contributed by atoms with Gasteiger partial charge in [-0.25, -0.2) is 13.1 Å². The van der Waals surface area contributed by atoms with Gasteiger partial charge in [-0.05, 0) is 43.0 Å².